The third-order valence-electron chi connectivity index (χ3n) is 5.50. The first-order valence-electron chi connectivity index (χ1n) is 10.7. The van der Waals surface area contributed by atoms with E-state index in [1.54, 1.807) is 0 Å². The van der Waals surface area contributed by atoms with Gasteiger partial charge in [-0.2, -0.15) is 0 Å². The highest BCUT2D eigenvalue weighted by molar-refractivity contribution is 14.0. The van der Waals surface area contributed by atoms with E-state index in [2.05, 4.69) is 34.4 Å². The van der Waals surface area contributed by atoms with Crippen LogP contribution in [0.3, 0.4) is 0 Å². The number of carbonyl (C=O) groups excluding carboxylic acids is 1. The molecule has 2 fully saturated rings. The average molecular weight is 493 g/mol. The van der Waals surface area contributed by atoms with Crippen molar-refractivity contribution >= 4 is 35.8 Å². The largest absolute Gasteiger partial charge is 0.357 e. The van der Waals surface area contributed by atoms with Gasteiger partial charge >= 0.3 is 0 Å². The minimum atomic E-state index is 0. The molecule has 1 atom stereocenters. The summed E-state index contributed by atoms with van der Waals surface area (Å²) in [5.74, 6) is 1.23. The molecular formula is C20H40IN5O. The number of piperidine rings is 1. The van der Waals surface area contributed by atoms with Gasteiger partial charge in [0.25, 0.3) is 0 Å². The van der Waals surface area contributed by atoms with Gasteiger partial charge in [0.05, 0.1) is 0 Å². The molecule has 7 heteroatoms. The number of rotatable bonds is 8. The molecule has 2 aliphatic heterocycles. The Hall–Kier alpha value is -0.570. The van der Waals surface area contributed by atoms with Crippen LogP contribution < -0.4 is 10.6 Å². The normalized spacial score (nSPS) is 22.1. The number of hydrogen-bond acceptors (Lipinski definition) is 3. The van der Waals surface area contributed by atoms with Crippen molar-refractivity contribution in [3.63, 3.8) is 0 Å². The second-order valence-corrected chi connectivity index (χ2v) is 7.61. The summed E-state index contributed by atoms with van der Waals surface area (Å²) in [6, 6.07) is 0.705. The molecule has 6 nitrogen and oxygen atoms in total. The van der Waals surface area contributed by atoms with Gasteiger partial charge in [-0.25, -0.2) is 0 Å². The van der Waals surface area contributed by atoms with Crippen molar-refractivity contribution in [3.05, 3.63) is 0 Å². The fourth-order valence-electron chi connectivity index (χ4n) is 3.88. The van der Waals surface area contributed by atoms with Crippen molar-refractivity contribution in [1.82, 2.24) is 20.4 Å². The van der Waals surface area contributed by atoms with Crippen LogP contribution in [-0.4, -0.2) is 73.5 Å². The van der Waals surface area contributed by atoms with Crippen LogP contribution in [-0.2, 0) is 4.79 Å². The summed E-state index contributed by atoms with van der Waals surface area (Å²) in [5, 5.41) is 6.79. The molecule has 1 unspecified atom stereocenters. The van der Waals surface area contributed by atoms with Gasteiger partial charge in [-0.05, 0) is 52.5 Å². The number of amides is 1. The standard InChI is InChI=1S/C20H39N5O.HI/c1-3-21-20(23-13-17-24-14-8-6-10-18(24)2)22-12-9-16-25-15-7-4-5-11-19(25)26;/h18H,3-17H2,1-2H3,(H2,21,22,23);1H. The fraction of sp³-hybridized carbons (Fsp3) is 0.900. The Morgan fingerprint density at radius 1 is 1.11 bits per heavy atom. The summed E-state index contributed by atoms with van der Waals surface area (Å²) >= 11 is 0. The third kappa shape index (κ3) is 9.45. The van der Waals surface area contributed by atoms with Crippen molar-refractivity contribution < 1.29 is 4.79 Å². The molecule has 0 aliphatic carbocycles. The molecule has 0 radical (unpaired) electrons. The lowest BCUT2D eigenvalue weighted by molar-refractivity contribution is -0.130. The number of nitrogens with one attached hydrogen (secondary N) is 2. The third-order valence-corrected chi connectivity index (χ3v) is 5.50. The van der Waals surface area contributed by atoms with Crippen LogP contribution in [0.1, 0.15) is 65.2 Å². The van der Waals surface area contributed by atoms with Crippen molar-refractivity contribution in [2.24, 2.45) is 4.99 Å². The summed E-state index contributed by atoms with van der Waals surface area (Å²) < 4.78 is 0. The van der Waals surface area contributed by atoms with E-state index in [-0.39, 0.29) is 24.0 Å². The zero-order chi connectivity index (χ0) is 18.6. The Morgan fingerprint density at radius 3 is 2.70 bits per heavy atom. The maximum atomic E-state index is 12.0. The topological polar surface area (TPSA) is 60.0 Å². The number of aliphatic imine (C=N–C) groups is 1. The zero-order valence-corrected chi connectivity index (χ0v) is 19.7. The summed E-state index contributed by atoms with van der Waals surface area (Å²) in [6.07, 6.45) is 9.07. The Bertz CT molecular complexity index is 446. The van der Waals surface area contributed by atoms with Crippen LogP contribution in [0.15, 0.2) is 4.99 Å². The second kappa shape index (κ2) is 14.4. The van der Waals surface area contributed by atoms with E-state index in [0.29, 0.717) is 11.9 Å². The highest BCUT2D eigenvalue weighted by atomic mass is 127. The fourth-order valence-corrected chi connectivity index (χ4v) is 3.88. The number of hydrogen-bond donors (Lipinski definition) is 2. The highest BCUT2D eigenvalue weighted by Crippen LogP contribution is 2.15. The van der Waals surface area contributed by atoms with E-state index < -0.39 is 0 Å². The molecule has 0 aromatic carbocycles. The number of halogens is 1. The van der Waals surface area contributed by atoms with Gasteiger partial charge in [0.15, 0.2) is 5.96 Å². The van der Waals surface area contributed by atoms with E-state index in [0.717, 1.165) is 70.9 Å². The Kier molecular flexibility index (Phi) is 13.1. The van der Waals surface area contributed by atoms with Crippen LogP contribution in [0.25, 0.3) is 0 Å². The maximum absolute atomic E-state index is 12.0. The molecule has 0 aromatic rings. The molecule has 1 amide bonds. The van der Waals surface area contributed by atoms with Crippen molar-refractivity contribution in [3.8, 4) is 0 Å². The minimum Gasteiger partial charge on any atom is -0.357 e. The van der Waals surface area contributed by atoms with Gasteiger partial charge < -0.3 is 15.5 Å². The van der Waals surface area contributed by atoms with Gasteiger partial charge in [-0.3, -0.25) is 14.7 Å². The van der Waals surface area contributed by atoms with Gasteiger partial charge in [0.1, 0.15) is 0 Å². The molecule has 0 aromatic heterocycles. The molecule has 2 rings (SSSR count). The van der Waals surface area contributed by atoms with E-state index in [9.17, 15) is 4.79 Å². The summed E-state index contributed by atoms with van der Waals surface area (Å²) in [7, 11) is 0. The van der Waals surface area contributed by atoms with E-state index >= 15 is 0 Å². The van der Waals surface area contributed by atoms with Gasteiger partial charge in [0.2, 0.25) is 5.91 Å². The van der Waals surface area contributed by atoms with Gasteiger partial charge in [0, 0.05) is 51.7 Å². The lowest BCUT2D eigenvalue weighted by Crippen LogP contribution is -2.45. The highest BCUT2D eigenvalue weighted by Gasteiger charge is 2.17. The first-order chi connectivity index (χ1) is 12.7. The van der Waals surface area contributed by atoms with E-state index in [4.69, 9.17) is 0 Å². The molecular weight excluding hydrogens is 453 g/mol. The lowest BCUT2D eigenvalue weighted by atomic mass is 10.0. The Morgan fingerprint density at radius 2 is 1.93 bits per heavy atom. The smallest absolute Gasteiger partial charge is 0.222 e. The van der Waals surface area contributed by atoms with Crippen molar-refractivity contribution in [2.75, 3.05) is 45.8 Å². The molecule has 0 bridgehead atoms. The second-order valence-electron chi connectivity index (χ2n) is 7.61. The van der Waals surface area contributed by atoms with Crippen molar-refractivity contribution in [1.29, 1.82) is 0 Å². The van der Waals surface area contributed by atoms with Gasteiger partial charge in [-0.1, -0.05) is 12.8 Å². The van der Waals surface area contributed by atoms with E-state index in [1.807, 2.05) is 4.90 Å². The lowest BCUT2D eigenvalue weighted by Gasteiger charge is -2.33. The number of carbonyl (C=O) groups is 1. The number of likely N-dealkylation sites (tertiary alicyclic amines) is 2. The molecule has 2 aliphatic rings. The molecule has 2 heterocycles. The van der Waals surface area contributed by atoms with Crippen LogP contribution in [0, 0.1) is 0 Å². The molecule has 2 saturated heterocycles. The molecule has 0 saturated carbocycles. The predicted molar refractivity (Wildman–Crippen MR) is 124 cm³/mol. The van der Waals surface area contributed by atoms with Crippen LogP contribution >= 0.6 is 24.0 Å². The molecule has 27 heavy (non-hydrogen) atoms. The SMILES string of the molecule is CCNC(=NCCCN1CCCCCC1=O)NCCN1CCCCC1C.I. The molecule has 158 valence electrons. The van der Waals surface area contributed by atoms with Gasteiger partial charge in [-0.15, -0.1) is 24.0 Å². The van der Waals surface area contributed by atoms with Crippen LogP contribution in [0.5, 0.6) is 0 Å². The predicted octanol–water partition coefficient (Wildman–Crippen LogP) is 2.83. The quantitative estimate of drug-likeness (QED) is 0.236. The molecule has 0 spiro atoms. The van der Waals surface area contributed by atoms with Crippen LogP contribution in [0.4, 0.5) is 0 Å². The number of guanidine groups is 1. The summed E-state index contributed by atoms with van der Waals surface area (Å²) in [6.45, 7) is 11.1. The Balaban J connectivity index is 0.00000364. The number of nitrogens with zero attached hydrogens (tertiary/aromatic N) is 3. The first-order valence-corrected chi connectivity index (χ1v) is 10.7. The maximum Gasteiger partial charge on any atom is 0.222 e. The van der Waals surface area contributed by atoms with E-state index in [1.165, 1.54) is 32.2 Å². The molecule has 2 N–H and O–H groups in total. The van der Waals surface area contributed by atoms with Crippen LogP contribution in [0.2, 0.25) is 0 Å². The zero-order valence-electron chi connectivity index (χ0n) is 17.3. The Labute approximate surface area is 182 Å². The van der Waals surface area contributed by atoms with Crippen molar-refractivity contribution in [2.45, 2.75) is 71.3 Å². The average Bonchev–Trinajstić information content (AvgIpc) is 2.84. The minimum absolute atomic E-state index is 0. The summed E-state index contributed by atoms with van der Waals surface area (Å²) in [5.41, 5.74) is 0. The summed E-state index contributed by atoms with van der Waals surface area (Å²) in [4.78, 5) is 21.3. The monoisotopic (exact) mass is 493 g/mol. The first kappa shape index (κ1) is 24.5.